The number of rotatable bonds is 4. The zero-order valence-electron chi connectivity index (χ0n) is 12.6. The Kier molecular flexibility index (Phi) is 4.74. The van der Waals surface area contributed by atoms with Gasteiger partial charge in [-0.15, -0.1) is 0 Å². The van der Waals surface area contributed by atoms with Crippen LogP contribution in [0, 0.1) is 0 Å². The number of carbonyl (C=O) groups is 1. The van der Waals surface area contributed by atoms with E-state index in [0.717, 1.165) is 5.56 Å². The molecule has 5 nitrogen and oxygen atoms in total. The van der Waals surface area contributed by atoms with Crippen molar-refractivity contribution in [1.29, 1.82) is 0 Å². The highest BCUT2D eigenvalue weighted by Gasteiger charge is 2.14. The molecule has 0 spiro atoms. The van der Waals surface area contributed by atoms with Crippen LogP contribution >= 0.6 is 23.2 Å². The van der Waals surface area contributed by atoms with E-state index in [0.29, 0.717) is 32.9 Å². The first-order valence-electron chi connectivity index (χ1n) is 7.03. The van der Waals surface area contributed by atoms with Gasteiger partial charge in [0.1, 0.15) is 11.4 Å². The van der Waals surface area contributed by atoms with Crippen LogP contribution < -0.4 is 10.1 Å². The Morgan fingerprint density at radius 3 is 2.54 bits per heavy atom. The van der Waals surface area contributed by atoms with E-state index in [-0.39, 0.29) is 5.91 Å². The quantitative estimate of drug-likeness (QED) is 0.710. The van der Waals surface area contributed by atoms with Crippen LogP contribution in [0.2, 0.25) is 10.0 Å². The Balaban J connectivity index is 1.83. The Labute approximate surface area is 148 Å². The number of halogens is 2. The van der Waals surface area contributed by atoms with Gasteiger partial charge in [-0.1, -0.05) is 41.4 Å². The lowest BCUT2D eigenvalue weighted by atomic mass is 10.1. The summed E-state index contributed by atoms with van der Waals surface area (Å²) in [5, 5.41) is 10.3. The average molecular weight is 362 g/mol. The fourth-order valence-corrected chi connectivity index (χ4v) is 2.66. The molecule has 24 heavy (non-hydrogen) atoms. The highest BCUT2D eigenvalue weighted by Crippen LogP contribution is 2.30. The summed E-state index contributed by atoms with van der Waals surface area (Å²) in [6, 6.07) is 14.1. The molecule has 0 radical (unpaired) electrons. The molecule has 0 atom stereocenters. The van der Waals surface area contributed by atoms with Gasteiger partial charge < -0.3 is 10.1 Å². The van der Waals surface area contributed by atoms with Crippen LogP contribution in [0.3, 0.4) is 0 Å². The number of methoxy groups -OCH3 is 1. The van der Waals surface area contributed by atoms with Crippen molar-refractivity contribution in [2.75, 3.05) is 12.4 Å². The van der Waals surface area contributed by atoms with Crippen LogP contribution in [0.4, 0.5) is 5.69 Å². The van der Waals surface area contributed by atoms with Crippen molar-refractivity contribution in [3.63, 3.8) is 0 Å². The summed E-state index contributed by atoms with van der Waals surface area (Å²) in [4.78, 5) is 12.4. The SMILES string of the molecule is COc1cccc(-c2cc(C(=O)Nc3c(Cl)cccc3Cl)[nH]n2)c1. The second-order valence-electron chi connectivity index (χ2n) is 4.95. The molecule has 0 aliphatic rings. The van der Waals surface area contributed by atoms with E-state index in [9.17, 15) is 4.79 Å². The standard InChI is InChI=1S/C17H13Cl2N3O2/c1-24-11-5-2-4-10(8-11)14-9-15(22-21-14)17(23)20-16-12(18)6-3-7-13(16)19/h2-9H,1H3,(H,20,23)(H,21,22). The highest BCUT2D eigenvalue weighted by atomic mass is 35.5. The monoisotopic (exact) mass is 361 g/mol. The van der Waals surface area contributed by atoms with Crippen LogP contribution in [0.5, 0.6) is 5.75 Å². The van der Waals surface area contributed by atoms with Crippen molar-refractivity contribution in [2.24, 2.45) is 0 Å². The van der Waals surface area contributed by atoms with Gasteiger partial charge in [-0.3, -0.25) is 9.89 Å². The Morgan fingerprint density at radius 1 is 1.12 bits per heavy atom. The Hall–Kier alpha value is -2.50. The second-order valence-corrected chi connectivity index (χ2v) is 5.76. The number of ether oxygens (including phenoxy) is 1. The van der Waals surface area contributed by atoms with Gasteiger partial charge in [-0.2, -0.15) is 5.10 Å². The van der Waals surface area contributed by atoms with Gasteiger partial charge in [0.2, 0.25) is 0 Å². The topological polar surface area (TPSA) is 67.0 Å². The predicted molar refractivity (Wildman–Crippen MR) is 95.0 cm³/mol. The number of nitrogens with one attached hydrogen (secondary N) is 2. The van der Waals surface area contributed by atoms with Gasteiger partial charge in [0, 0.05) is 5.56 Å². The van der Waals surface area contributed by atoms with Crippen molar-refractivity contribution in [2.45, 2.75) is 0 Å². The molecule has 0 saturated heterocycles. The maximum absolute atomic E-state index is 12.4. The van der Waals surface area contributed by atoms with Crippen molar-refractivity contribution < 1.29 is 9.53 Å². The highest BCUT2D eigenvalue weighted by molar-refractivity contribution is 6.40. The maximum Gasteiger partial charge on any atom is 0.273 e. The lowest BCUT2D eigenvalue weighted by molar-refractivity contribution is 0.102. The fraction of sp³-hybridized carbons (Fsp3) is 0.0588. The molecule has 7 heteroatoms. The summed E-state index contributed by atoms with van der Waals surface area (Å²) in [5.41, 5.74) is 2.12. The number of nitrogens with zero attached hydrogens (tertiary/aromatic N) is 1. The first-order chi connectivity index (χ1) is 11.6. The number of amides is 1. The molecule has 1 heterocycles. The summed E-state index contributed by atoms with van der Waals surface area (Å²) in [6.45, 7) is 0. The van der Waals surface area contributed by atoms with Gasteiger partial charge in [0.25, 0.3) is 5.91 Å². The lowest BCUT2D eigenvalue weighted by Crippen LogP contribution is -2.13. The van der Waals surface area contributed by atoms with Gasteiger partial charge in [0.05, 0.1) is 28.5 Å². The van der Waals surface area contributed by atoms with Crippen LogP contribution in [0.25, 0.3) is 11.3 Å². The van der Waals surface area contributed by atoms with Crippen LogP contribution in [0.15, 0.2) is 48.5 Å². The Morgan fingerprint density at radius 2 is 1.83 bits per heavy atom. The minimum Gasteiger partial charge on any atom is -0.497 e. The third-order valence-corrected chi connectivity index (χ3v) is 4.02. The minimum atomic E-state index is -0.383. The summed E-state index contributed by atoms with van der Waals surface area (Å²) < 4.78 is 5.19. The first kappa shape index (κ1) is 16.4. The van der Waals surface area contributed by atoms with Crippen molar-refractivity contribution >= 4 is 34.8 Å². The van der Waals surface area contributed by atoms with Crippen LogP contribution in [0.1, 0.15) is 10.5 Å². The normalized spacial score (nSPS) is 10.5. The van der Waals surface area contributed by atoms with E-state index in [1.807, 2.05) is 24.3 Å². The molecule has 1 aromatic heterocycles. The van der Waals surface area contributed by atoms with E-state index in [4.69, 9.17) is 27.9 Å². The molecule has 0 bridgehead atoms. The maximum atomic E-state index is 12.4. The van der Waals surface area contributed by atoms with E-state index in [2.05, 4.69) is 15.5 Å². The fourth-order valence-electron chi connectivity index (χ4n) is 2.17. The van der Waals surface area contributed by atoms with E-state index < -0.39 is 0 Å². The van der Waals surface area contributed by atoms with Crippen LogP contribution in [-0.4, -0.2) is 23.2 Å². The molecule has 2 aromatic carbocycles. The molecule has 3 aromatic rings. The summed E-state index contributed by atoms with van der Waals surface area (Å²) in [6.07, 6.45) is 0. The van der Waals surface area contributed by atoms with E-state index >= 15 is 0 Å². The van der Waals surface area contributed by atoms with E-state index in [1.54, 1.807) is 31.4 Å². The number of aromatic nitrogens is 2. The molecule has 0 saturated carbocycles. The average Bonchev–Trinajstić information content (AvgIpc) is 3.08. The molecule has 3 rings (SSSR count). The summed E-state index contributed by atoms with van der Waals surface area (Å²) >= 11 is 12.1. The molecular weight excluding hydrogens is 349 g/mol. The number of hydrogen-bond donors (Lipinski definition) is 2. The zero-order chi connectivity index (χ0) is 17.1. The van der Waals surface area contributed by atoms with E-state index in [1.165, 1.54) is 0 Å². The molecule has 2 N–H and O–H groups in total. The van der Waals surface area contributed by atoms with Crippen molar-refractivity contribution in [1.82, 2.24) is 10.2 Å². The number of anilines is 1. The first-order valence-corrected chi connectivity index (χ1v) is 7.79. The third kappa shape index (κ3) is 3.37. The third-order valence-electron chi connectivity index (χ3n) is 3.39. The molecule has 0 unspecified atom stereocenters. The van der Waals surface area contributed by atoms with Crippen molar-refractivity contribution in [3.8, 4) is 17.0 Å². The number of para-hydroxylation sites is 1. The minimum absolute atomic E-state index is 0.295. The molecular formula is C17H13Cl2N3O2. The molecule has 0 fully saturated rings. The summed E-state index contributed by atoms with van der Waals surface area (Å²) in [7, 11) is 1.59. The molecule has 1 amide bonds. The van der Waals surface area contributed by atoms with Crippen molar-refractivity contribution in [3.05, 3.63) is 64.3 Å². The number of carbonyl (C=O) groups excluding carboxylic acids is 1. The van der Waals surface area contributed by atoms with Gasteiger partial charge >= 0.3 is 0 Å². The van der Waals surface area contributed by atoms with Gasteiger partial charge in [-0.05, 0) is 30.3 Å². The molecule has 0 aliphatic carbocycles. The number of hydrogen-bond acceptors (Lipinski definition) is 3. The lowest BCUT2D eigenvalue weighted by Gasteiger charge is -2.07. The summed E-state index contributed by atoms with van der Waals surface area (Å²) in [5.74, 6) is 0.330. The van der Waals surface area contributed by atoms with Gasteiger partial charge in [0.15, 0.2) is 0 Å². The van der Waals surface area contributed by atoms with Crippen LogP contribution in [-0.2, 0) is 0 Å². The molecule has 0 aliphatic heterocycles. The molecule has 122 valence electrons. The second kappa shape index (κ2) is 6.95. The number of aromatic amines is 1. The smallest absolute Gasteiger partial charge is 0.273 e. The zero-order valence-corrected chi connectivity index (χ0v) is 14.2. The Bertz CT molecular complexity index is 873. The largest absolute Gasteiger partial charge is 0.497 e. The number of benzene rings is 2. The van der Waals surface area contributed by atoms with Gasteiger partial charge in [-0.25, -0.2) is 0 Å². The predicted octanol–water partition coefficient (Wildman–Crippen LogP) is 4.64. The number of H-pyrrole nitrogens is 1.